The van der Waals surface area contributed by atoms with E-state index in [-0.39, 0.29) is 10.9 Å². The summed E-state index contributed by atoms with van der Waals surface area (Å²) in [5.74, 6) is 0.0000309. The van der Waals surface area contributed by atoms with Gasteiger partial charge in [0.15, 0.2) is 5.75 Å². The van der Waals surface area contributed by atoms with Crippen molar-refractivity contribution in [2.75, 3.05) is 6.26 Å². The molecule has 0 radical (unpaired) electrons. The van der Waals surface area contributed by atoms with Crippen LogP contribution in [-0.2, 0) is 15.7 Å². The van der Waals surface area contributed by atoms with Crippen molar-refractivity contribution in [1.82, 2.24) is 9.97 Å². The molecule has 0 saturated heterocycles. The molecule has 0 bridgehead atoms. The van der Waals surface area contributed by atoms with Gasteiger partial charge in [0.2, 0.25) is 0 Å². The summed E-state index contributed by atoms with van der Waals surface area (Å²) in [6, 6.07) is 0. The molecule has 6 nitrogen and oxygen atoms in total. The molecule has 1 N–H and O–H groups in total. The van der Waals surface area contributed by atoms with Gasteiger partial charge in [0, 0.05) is 11.2 Å². The number of aromatic nitrogens is 2. The number of hydrogen-bond donors (Lipinski definition) is 2. The molecule has 2 atom stereocenters. The summed E-state index contributed by atoms with van der Waals surface area (Å²) >= 11 is 2.02. The number of nitrogens with zero attached hydrogens (tertiary/aromatic N) is 2. The van der Waals surface area contributed by atoms with E-state index in [9.17, 15) is 9.12 Å². The van der Waals surface area contributed by atoms with Gasteiger partial charge in [-0.3, -0.25) is 0 Å². The molecule has 0 aromatic carbocycles. The summed E-state index contributed by atoms with van der Waals surface area (Å²) in [4.78, 5) is 16.1. The highest BCUT2D eigenvalue weighted by Gasteiger charge is 2.15. The number of thiol groups is 1. The van der Waals surface area contributed by atoms with Crippen LogP contribution in [0.2, 0.25) is 0 Å². The molecule has 0 saturated carbocycles. The van der Waals surface area contributed by atoms with Gasteiger partial charge in [0.1, 0.15) is 6.26 Å². The van der Waals surface area contributed by atoms with Crippen LogP contribution in [0, 0.1) is 0 Å². The van der Waals surface area contributed by atoms with Gasteiger partial charge in [-0.15, -0.1) is 0 Å². The van der Waals surface area contributed by atoms with Crippen molar-refractivity contribution in [2.24, 2.45) is 0 Å². The van der Waals surface area contributed by atoms with E-state index >= 15 is 0 Å². The van der Waals surface area contributed by atoms with E-state index in [1.807, 2.05) is 0 Å². The summed E-state index contributed by atoms with van der Waals surface area (Å²) < 4.78 is 26.0. The molecule has 1 aromatic rings. The van der Waals surface area contributed by atoms with Gasteiger partial charge < -0.3 is 14.0 Å². The minimum absolute atomic E-state index is 0.0000309. The fourth-order valence-corrected chi connectivity index (χ4v) is 1.69. The van der Waals surface area contributed by atoms with E-state index in [1.54, 1.807) is 0 Å². The van der Waals surface area contributed by atoms with Crippen molar-refractivity contribution in [2.45, 2.75) is 5.16 Å². The van der Waals surface area contributed by atoms with Crippen LogP contribution >= 0.6 is 19.0 Å². The van der Waals surface area contributed by atoms with Crippen molar-refractivity contribution in [3.05, 3.63) is 12.4 Å². The highest BCUT2D eigenvalue weighted by molar-refractivity contribution is 8.44. The molecule has 1 aromatic heterocycles. The van der Waals surface area contributed by atoms with Gasteiger partial charge in [-0.05, 0) is 12.2 Å². The zero-order chi connectivity index (χ0) is 10.8. The summed E-state index contributed by atoms with van der Waals surface area (Å²) in [6.45, 7) is -3.89. The van der Waals surface area contributed by atoms with Crippen LogP contribution in [0.5, 0.6) is 5.75 Å². The lowest BCUT2D eigenvalue weighted by Gasteiger charge is -2.06. The summed E-state index contributed by atoms with van der Waals surface area (Å²) in [5, 5.41) is 0.129. The van der Waals surface area contributed by atoms with Crippen molar-refractivity contribution in [3.63, 3.8) is 0 Å². The zero-order valence-electron chi connectivity index (χ0n) is 7.02. The first-order valence-electron chi connectivity index (χ1n) is 3.29. The van der Waals surface area contributed by atoms with Crippen molar-refractivity contribution >= 4 is 30.2 Å². The Bertz CT molecular complexity index is 351. The van der Waals surface area contributed by atoms with E-state index in [0.29, 0.717) is 0 Å². The Hall–Kier alpha value is -0.270. The molecule has 1 rings (SSSR count). The topological polar surface area (TPSA) is 95.4 Å². The average Bonchev–Trinajstić information content (AvgIpc) is 2.02. The molecule has 0 aliphatic heterocycles. The lowest BCUT2D eigenvalue weighted by molar-refractivity contribution is 0.401. The monoisotopic (exact) mass is 254 g/mol. The van der Waals surface area contributed by atoms with Gasteiger partial charge in [-0.25, -0.2) is 4.57 Å². The van der Waals surface area contributed by atoms with Gasteiger partial charge in [0.25, 0.3) is 0 Å². The largest absolute Gasteiger partial charge is 0.609 e. The van der Waals surface area contributed by atoms with E-state index in [1.165, 1.54) is 6.26 Å². The predicted octanol–water partition coefficient (Wildman–Crippen LogP) is 0.623. The molecular formula is C5H7N2O4PS2. The maximum Gasteiger partial charge on any atom is 0.434 e. The van der Waals surface area contributed by atoms with Crippen LogP contribution in [0.25, 0.3) is 0 Å². The van der Waals surface area contributed by atoms with Crippen LogP contribution < -0.4 is 4.52 Å². The molecule has 0 aliphatic carbocycles. The van der Waals surface area contributed by atoms with Crippen molar-refractivity contribution < 1.29 is 18.5 Å². The molecule has 78 valence electrons. The van der Waals surface area contributed by atoms with Gasteiger partial charge >= 0.3 is 12.0 Å². The minimum atomic E-state index is -3.89. The third-order valence-electron chi connectivity index (χ3n) is 1.09. The molecule has 0 amide bonds. The van der Waals surface area contributed by atoms with Crippen molar-refractivity contribution in [1.29, 1.82) is 0 Å². The normalized spacial score (nSPS) is 17.1. The second kappa shape index (κ2) is 4.50. The van der Waals surface area contributed by atoms with Crippen LogP contribution in [0.1, 0.15) is 0 Å². The Balaban J connectivity index is 2.79. The Labute approximate surface area is 88.6 Å². The fourth-order valence-electron chi connectivity index (χ4n) is 0.637. The molecule has 0 fully saturated rings. The lowest BCUT2D eigenvalue weighted by Crippen LogP contribution is -2.03. The molecule has 0 spiro atoms. The quantitative estimate of drug-likeness (QED) is 0.355. The summed E-state index contributed by atoms with van der Waals surface area (Å²) in [5.41, 5.74) is 0. The molecule has 14 heavy (non-hydrogen) atoms. The highest BCUT2D eigenvalue weighted by Crippen LogP contribution is 2.46. The smallest absolute Gasteiger partial charge is 0.434 e. The third-order valence-corrected chi connectivity index (χ3v) is 2.50. The Kier molecular flexibility index (Phi) is 3.79. The first-order chi connectivity index (χ1) is 6.38. The predicted molar refractivity (Wildman–Crippen MR) is 53.8 cm³/mol. The van der Waals surface area contributed by atoms with Crippen molar-refractivity contribution in [3.8, 4) is 5.75 Å². The van der Waals surface area contributed by atoms with E-state index in [0.717, 1.165) is 12.4 Å². The Morgan fingerprint density at radius 2 is 2.14 bits per heavy atom. The highest BCUT2D eigenvalue weighted by atomic mass is 32.7. The second-order valence-corrected chi connectivity index (χ2v) is 6.19. The zero-order valence-corrected chi connectivity index (χ0v) is 9.63. The molecule has 9 heteroatoms. The summed E-state index contributed by atoms with van der Waals surface area (Å²) in [7, 11) is 0. The average molecular weight is 254 g/mol. The first kappa shape index (κ1) is 11.8. The Morgan fingerprint density at radius 3 is 2.50 bits per heavy atom. The van der Waals surface area contributed by atoms with Gasteiger partial charge in [-0.1, -0.05) is 0 Å². The van der Waals surface area contributed by atoms with Crippen LogP contribution in [0.3, 0.4) is 0 Å². The van der Waals surface area contributed by atoms with E-state index < -0.39 is 18.0 Å². The minimum Gasteiger partial charge on any atom is -0.609 e. The number of hydrogen-bond acceptors (Lipinski definition) is 5. The second-order valence-electron chi connectivity index (χ2n) is 2.24. The maximum atomic E-state index is 10.9. The molecule has 1 heterocycles. The number of rotatable bonds is 3. The van der Waals surface area contributed by atoms with Crippen LogP contribution in [0.4, 0.5) is 0 Å². The molecule has 0 aliphatic rings. The van der Waals surface area contributed by atoms with Gasteiger partial charge in [0.05, 0.1) is 12.4 Å². The fraction of sp³-hybridized carbons (Fsp3) is 0.200. The lowest BCUT2D eigenvalue weighted by atomic mass is 10.6. The third kappa shape index (κ3) is 3.85. The first-order valence-corrected chi connectivity index (χ1v) is 7.58. The summed E-state index contributed by atoms with van der Waals surface area (Å²) in [6.07, 6.45) is 3.73. The molecular weight excluding hydrogens is 247 g/mol. The SMILES string of the molecule is C[S+]([O-])c1ncc(OP(=O)(O)S)cn1. The standard InChI is InChI=1S/C5H7N2O4PS2/c1-14(10)5-6-2-4(3-7-5)11-12(8,9)13/h2-3H,1H3,(H2,8,9,13). The van der Waals surface area contributed by atoms with E-state index in [4.69, 9.17) is 4.89 Å². The van der Waals surface area contributed by atoms with E-state index in [2.05, 4.69) is 26.7 Å². The maximum absolute atomic E-state index is 10.9. The van der Waals surface area contributed by atoms with Crippen LogP contribution in [0.15, 0.2) is 17.6 Å². The molecule has 2 unspecified atom stereocenters. The Morgan fingerprint density at radius 1 is 1.64 bits per heavy atom. The van der Waals surface area contributed by atoms with Crippen LogP contribution in [-0.4, -0.2) is 25.7 Å². The van der Waals surface area contributed by atoms with Gasteiger partial charge in [-0.2, -0.15) is 9.97 Å².